The number of piperidine rings is 1. The van der Waals surface area contributed by atoms with E-state index in [1.807, 2.05) is 0 Å². The summed E-state index contributed by atoms with van der Waals surface area (Å²) in [5.74, 6) is 0.00834. The first-order chi connectivity index (χ1) is 10.1. The molecule has 0 aromatic rings. The molecule has 0 aromatic heterocycles. The van der Waals surface area contributed by atoms with Crippen molar-refractivity contribution in [1.29, 1.82) is 0 Å². The largest absolute Gasteiger partial charge is 0.390 e. The minimum absolute atomic E-state index is 0.00834. The fraction of sp³-hybridized carbons (Fsp3) is 0.938. The molecule has 2 aliphatic carbocycles. The minimum Gasteiger partial charge on any atom is -0.390 e. The van der Waals surface area contributed by atoms with Crippen molar-refractivity contribution >= 4 is 5.91 Å². The molecule has 5 heteroatoms. The predicted octanol–water partition coefficient (Wildman–Crippen LogP) is 0.909. The lowest BCUT2D eigenvalue weighted by Crippen LogP contribution is -2.44. The lowest BCUT2D eigenvalue weighted by Gasteiger charge is -2.40. The standard InChI is InChI=1S/C16H28N2O3/c1-21-12-14(19)17-13-11-15(13)5-8-18(9-6-15)10-7-16(20)3-2-4-16/h13,20H,2-12H2,1H3,(H,17,19). The van der Waals surface area contributed by atoms with Gasteiger partial charge in [0.1, 0.15) is 6.61 Å². The number of amides is 1. The molecule has 1 aliphatic heterocycles. The number of ether oxygens (including phenoxy) is 1. The fourth-order valence-corrected chi connectivity index (χ4v) is 3.89. The first kappa shape index (κ1) is 15.3. The van der Waals surface area contributed by atoms with Gasteiger partial charge in [-0.2, -0.15) is 0 Å². The first-order valence-electron chi connectivity index (χ1n) is 8.28. The maximum absolute atomic E-state index is 11.6. The number of nitrogens with one attached hydrogen (secondary N) is 1. The van der Waals surface area contributed by atoms with Gasteiger partial charge in [0.25, 0.3) is 0 Å². The lowest BCUT2D eigenvalue weighted by atomic mass is 9.77. The third kappa shape index (κ3) is 3.41. The molecule has 0 aromatic carbocycles. The van der Waals surface area contributed by atoms with Gasteiger partial charge in [0.05, 0.1) is 5.60 Å². The van der Waals surface area contributed by atoms with Gasteiger partial charge in [-0.25, -0.2) is 0 Å². The van der Waals surface area contributed by atoms with E-state index in [1.54, 1.807) is 7.11 Å². The van der Waals surface area contributed by atoms with Crippen molar-refractivity contribution in [3.63, 3.8) is 0 Å². The van der Waals surface area contributed by atoms with E-state index in [-0.39, 0.29) is 18.1 Å². The molecule has 0 radical (unpaired) electrons. The van der Waals surface area contributed by atoms with Crippen LogP contribution in [0.4, 0.5) is 0 Å². The van der Waals surface area contributed by atoms with Gasteiger partial charge in [0.2, 0.25) is 5.91 Å². The highest BCUT2D eigenvalue weighted by molar-refractivity contribution is 5.78. The van der Waals surface area contributed by atoms with Crippen molar-refractivity contribution in [1.82, 2.24) is 10.2 Å². The summed E-state index contributed by atoms with van der Waals surface area (Å²) in [5, 5.41) is 13.2. The highest BCUT2D eigenvalue weighted by Gasteiger charge is 2.55. The second-order valence-corrected chi connectivity index (χ2v) is 7.29. The Balaban J connectivity index is 1.37. The Labute approximate surface area is 127 Å². The number of methoxy groups -OCH3 is 1. The molecule has 3 fully saturated rings. The fourth-order valence-electron chi connectivity index (χ4n) is 3.89. The minimum atomic E-state index is -0.356. The summed E-state index contributed by atoms with van der Waals surface area (Å²) < 4.78 is 4.86. The van der Waals surface area contributed by atoms with Gasteiger partial charge in [0.15, 0.2) is 0 Å². The first-order valence-corrected chi connectivity index (χ1v) is 8.28. The summed E-state index contributed by atoms with van der Waals surface area (Å²) in [5.41, 5.74) is -0.00134. The molecule has 2 saturated carbocycles. The molecule has 120 valence electrons. The average Bonchev–Trinajstić information content (AvgIpc) is 3.08. The molecule has 21 heavy (non-hydrogen) atoms. The summed E-state index contributed by atoms with van der Waals surface area (Å²) in [6.07, 6.45) is 7.54. The number of hydrogen-bond acceptors (Lipinski definition) is 4. The van der Waals surface area contributed by atoms with Crippen LogP contribution in [0, 0.1) is 5.41 Å². The van der Waals surface area contributed by atoms with Crippen LogP contribution in [-0.2, 0) is 9.53 Å². The Morgan fingerprint density at radius 1 is 1.33 bits per heavy atom. The summed E-state index contributed by atoms with van der Waals surface area (Å²) in [6, 6.07) is 0.359. The van der Waals surface area contributed by atoms with Crippen LogP contribution >= 0.6 is 0 Å². The van der Waals surface area contributed by atoms with Crippen LogP contribution in [0.25, 0.3) is 0 Å². The van der Waals surface area contributed by atoms with Crippen LogP contribution in [0.3, 0.4) is 0 Å². The Hall–Kier alpha value is -0.650. The Morgan fingerprint density at radius 2 is 2.05 bits per heavy atom. The summed E-state index contributed by atoms with van der Waals surface area (Å²) in [6.45, 7) is 3.39. The second-order valence-electron chi connectivity index (χ2n) is 7.29. The summed E-state index contributed by atoms with van der Waals surface area (Å²) in [4.78, 5) is 14.0. The van der Waals surface area contributed by atoms with Crippen molar-refractivity contribution in [2.24, 2.45) is 5.41 Å². The quantitative estimate of drug-likeness (QED) is 0.765. The Kier molecular flexibility index (Phi) is 4.26. The topological polar surface area (TPSA) is 61.8 Å². The maximum Gasteiger partial charge on any atom is 0.246 e. The van der Waals surface area contributed by atoms with Gasteiger partial charge in [0, 0.05) is 19.7 Å². The van der Waals surface area contributed by atoms with Crippen molar-refractivity contribution in [2.75, 3.05) is 33.4 Å². The smallest absolute Gasteiger partial charge is 0.246 e. The molecule has 1 atom stereocenters. The molecule has 5 nitrogen and oxygen atoms in total. The van der Waals surface area contributed by atoms with Crippen LogP contribution in [0.15, 0.2) is 0 Å². The molecular weight excluding hydrogens is 268 g/mol. The number of carbonyl (C=O) groups excluding carboxylic acids is 1. The van der Waals surface area contributed by atoms with Crippen LogP contribution in [0.5, 0.6) is 0 Å². The summed E-state index contributed by atoms with van der Waals surface area (Å²) in [7, 11) is 1.55. The number of aliphatic hydroxyl groups is 1. The number of likely N-dealkylation sites (tertiary alicyclic amines) is 1. The van der Waals surface area contributed by atoms with Crippen LogP contribution in [0.1, 0.15) is 44.9 Å². The van der Waals surface area contributed by atoms with Crippen molar-refractivity contribution in [3.05, 3.63) is 0 Å². The zero-order valence-electron chi connectivity index (χ0n) is 13.1. The van der Waals surface area contributed by atoms with E-state index in [2.05, 4.69) is 10.2 Å². The molecule has 2 N–H and O–H groups in total. The van der Waals surface area contributed by atoms with Crippen molar-refractivity contribution < 1.29 is 14.6 Å². The number of hydrogen-bond donors (Lipinski definition) is 2. The van der Waals surface area contributed by atoms with Crippen LogP contribution < -0.4 is 5.32 Å². The van der Waals surface area contributed by atoms with Crippen molar-refractivity contribution in [3.8, 4) is 0 Å². The number of rotatable bonds is 6. The Bertz CT molecular complexity index is 387. The zero-order chi connectivity index (χ0) is 14.9. The van der Waals surface area contributed by atoms with E-state index in [0.29, 0.717) is 11.5 Å². The molecule has 1 heterocycles. The third-order valence-corrected chi connectivity index (χ3v) is 5.83. The van der Waals surface area contributed by atoms with E-state index < -0.39 is 0 Å². The average molecular weight is 296 g/mol. The van der Waals surface area contributed by atoms with E-state index in [9.17, 15) is 9.90 Å². The van der Waals surface area contributed by atoms with Gasteiger partial charge in [-0.1, -0.05) is 0 Å². The maximum atomic E-state index is 11.6. The zero-order valence-corrected chi connectivity index (χ0v) is 13.1. The van der Waals surface area contributed by atoms with Crippen LogP contribution in [0.2, 0.25) is 0 Å². The highest BCUT2D eigenvalue weighted by atomic mass is 16.5. The van der Waals surface area contributed by atoms with Gasteiger partial charge < -0.3 is 20.1 Å². The van der Waals surface area contributed by atoms with Gasteiger partial charge >= 0.3 is 0 Å². The van der Waals surface area contributed by atoms with E-state index in [1.165, 1.54) is 19.3 Å². The number of carbonyl (C=O) groups is 1. The van der Waals surface area contributed by atoms with Crippen LogP contribution in [-0.4, -0.2) is 60.9 Å². The second kappa shape index (κ2) is 5.86. The molecule has 3 aliphatic rings. The molecule has 1 amide bonds. The van der Waals surface area contributed by atoms with Gasteiger partial charge in [-0.15, -0.1) is 0 Å². The predicted molar refractivity (Wildman–Crippen MR) is 79.9 cm³/mol. The van der Waals surface area contributed by atoms with Crippen molar-refractivity contribution in [2.45, 2.75) is 56.6 Å². The monoisotopic (exact) mass is 296 g/mol. The van der Waals surface area contributed by atoms with Gasteiger partial charge in [-0.3, -0.25) is 4.79 Å². The molecule has 0 bridgehead atoms. The summed E-state index contributed by atoms with van der Waals surface area (Å²) >= 11 is 0. The van der Waals surface area contributed by atoms with E-state index >= 15 is 0 Å². The normalized spacial score (nSPS) is 29.9. The highest BCUT2D eigenvalue weighted by Crippen LogP contribution is 2.53. The van der Waals surface area contributed by atoms with E-state index in [0.717, 1.165) is 45.3 Å². The van der Waals surface area contributed by atoms with Gasteiger partial charge in [-0.05, 0) is 63.5 Å². The van der Waals surface area contributed by atoms with E-state index in [4.69, 9.17) is 4.74 Å². The third-order valence-electron chi connectivity index (χ3n) is 5.83. The molecule has 1 saturated heterocycles. The number of nitrogens with zero attached hydrogens (tertiary/aromatic N) is 1. The molecular formula is C16H28N2O3. The Morgan fingerprint density at radius 3 is 2.62 bits per heavy atom. The lowest BCUT2D eigenvalue weighted by molar-refractivity contribution is -0.125. The molecule has 1 spiro atoms. The SMILES string of the molecule is COCC(=O)NC1CC12CCN(CCC1(O)CCC1)CC2. The molecule has 1 unspecified atom stereocenters. The molecule has 3 rings (SSSR count).